The van der Waals surface area contributed by atoms with E-state index in [0.717, 1.165) is 59.7 Å². The van der Waals surface area contributed by atoms with Gasteiger partial charge in [0, 0.05) is 49.3 Å². The van der Waals surface area contributed by atoms with Gasteiger partial charge in [-0.25, -0.2) is 9.97 Å². The zero-order valence-electron chi connectivity index (χ0n) is 19.2. The summed E-state index contributed by atoms with van der Waals surface area (Å²) in [5.41, 5.74) is 0.981. The van der Waals surface area contributed by atoms with Gasteiger partial charge in [0.2, 0.25) is 5.95 Å². The lowest BCUT2D eigenvalue weighted by atomic mass is 9.81. The van der Waals surface area contributed by atoms with Crippen molar-refractivity contribution in [2.45, 2.75) is 57.2 Å². The summed E-state index contributed by atoms with van der Waals surface area (Å²) in [5.74, 6) is 2.63. The molecule has 2 aliphatic heterocycles. The number of amides is 1. The van der Waals surface area contributed by atoms with Crippen LogP contribution in [0.4, 0.5) is 17.6 Å². The molecule has 4 aromatic heterocycles. The van der Waals surface area contributed by atoms with E-state index in [2.05, 4.69) is 30.7 Å². The van der Waals surface area contributed by atoms with Gasteiger partial charge in [0.1, 0.15) is 10.6 Å². The van der Waals surface area contributed by atoms with Gasteiger partial charge in [-0.2, -0.15) is 10.1 Å². The fraction of sp³-hybridized carbons (Fsp3) is 0.435. The average molecular weight is 478 g/mol. The van der Waals surface area contributed by atoms with E-state index in [9.17, 15) is 4.79 Å². The Balaban J connectivity index is 1.23. The monoisotopic (exact) mass is 477 g/mol. The second-order valence-electron chi connectivity index (χ2n) is 9.22. The fourth-order valence-corrected chi connectivity index (χ4v) is 6.08. The van der Waals surface area contributed by atoms with Crippen molar-refractivity contribution in [1.29, 1.82) is 0 Å². The minimum absolute atomic E-state index is 0.0395. The van der Waals surface area contributed by atoms with Gasteiger partial charge in [-0.1, -0.05) is 0 Å². The van der Waals surface area contributed by atoms with E-state index >= 15 is 0 Å². The molecule has 2 saturated heterocycles. The number of nitrogens with zero attached hydrogens (tertiary/aromatic N) is 6. The maximum absolute atomic E-state index is 13.3. The molecule has 3 N–H and O–H groups in total. The maximum atomic E-state index is 13.3. The first-order chi connectivity index (χ1) is 16.5. The van der Waals surface area contributed by atoms with Gasteiger partial charge in [0.15, 0.2) is 11.6 Å². The van der Waals surface area contributed by atoms with E-state index < -0.39 is 0 Å². The molecule has 11 heteroatoms. The van der Waals surface area contributed by atoms with Gasteiger partial charge >= 0.3 is 0 Å². The zero-order chi connectivity index (χ0) is 23.2. The predicted octanol–water partition coefficient (Wildman–Crippen LogP) is 3.84. The Labute approximate surface area is 200 Å². The Morgan fingerprint density at radius 3 is 2.76 bits per heavy atom. The average Bonchev–Trinajstić information content (AvgIpc) is 3.54. The number of aromatic nitrogens is 6. The third-order valence-electron chi connectivity index (χ3n) is 6.83. The molecular weight excluding hydrogens is 450 g/mol. The molecule has 0 aliphatic carbocycles. The number of carbonyl (C=O) groups excluding carboxylic acids is 1. The van der Waals surface area contributed by atoms with Crippen LogP contribution in [0.1, 0.15) is 48.4 Å². The minimum atomic E-state index is 0.0395. The van der Waals surface area contributed by atoms with Crippen LogP contribution in [0.15, 0.2) is 29.9 Å². The first-order valence-corrected chi connectivity index (χ1v) is 12.5. The highest BCUT2D eigenvalue weighted by atomic mass is 32.1. The highest BCUT2D eigenvalue weighted by Crippen LogP contribution is 2.36. The quantitative estimate of drug-likeness (QED) is 0.400. The number of aromatic amines is 1. The Morgan fingerprint density at radius 2 is 2.06 bits per heavy atom. The van der Waals surface area contributed by atoms with Crippen LogP contribution in [-0.4, -0.2) is 58.6 Å². The summed E-state index contributed by atoms with van der Waals surface area (Å²) in [6.07, 6.45) is 8.44. The van der Waals surface area contributed by atoms with Crippen molar-refractivity contribution in [2.24, 2.45) is 7.05 Å². The minimum Gasteiger partial charge on any atom is -0.351 e. The largest absolute Gasteiger partial charge is 0.351 e. The number of fused-ring (bicyclic) bond motifs is 3. The van der Waals surface area contributed by atoms with E-state index in [4.69, 9.17) is 9.97 Å². The number of H-pyrrole nitrogens is 1. The number of imidazole rings is 1. The van der Waals surface area contributed by atoms with Gasteiger partial charge in [-0.05, 0) is 50.5 Å². The molecule has 4 aromatic rings. The fourth-order valence-electron chi connectivity index (χ4n) is 5.32. The van der Waals surface area contributed by atoms with Gasteiger partial charge in [-0.15, -0.1) is 11.3 Å². The molecule has 6 heterocycles. The van der Waals surface area contributed by atoms with Crippen molar-refractivity contribution in [3.05, 3.63) is 41.4 Å². The Hall–Kier alpha value is -3.47. The number of nitrogens with one attached hydrogen (secondary N) is 3. The van der Waals surface area contributed by atoms with Crippen LogP contribution in [0.3, 0.4) is 0 Å². The van der Waals surface area contributed by atoms with Crippen LogP contribution >= 0.6 is 11.3 Å². The molecule has 2 unspecified atom stereocenters. The topological polar surface area (TPSA) is 117 Å². The number of carbonyl (C=O) groups is 1. The van der Waals surface area contributed by atoms with E-state index in [0.29, 0.717) is 11.8 Å². The van der Waals surface area contributed by atoms with Crippen molar-refractivity contribution in [1.82, 2.24) is 34.6 Å². The number of piperidine rings is 2. The third kappa shape index (κ3) is 3.79. The van der Waals surface area contributed by atoms with E-state index in [1.165, 1.54) is 0 Å². The van der Waals surface area contributed by atoms with E-state index in [1.807, 2.05) is 42.2 Å². The first kappa shape index (κ1) is 21.1. The molecule has 0 aromatic carbocycles. The molecule has 2 fully saturated rings. The lowest BCUT2D eigenvalue weighted by Crippen LogP contribution is -2.57. The predicted molar refractivity (Wildman–Crippen MR) is 131 cm³/mol. The summed E-state index contributed by atoms with van der Waals surface area (Å²) in [6, 6.07) is 4.58. The van der Waals surface area contributed by atoms with Gasteiger partial charge in [0.05, 0.1) is 5.39 Å². The molecule has 176 valence electrons. The Morgan fingerprint density at radius 1 is 1.24 bits per heavy atom. The number of aryl methyl sites for hydroxylation is 2. The molecule has 1 amide bonds. The van der Waals surface area contributed by atoms with Crippen LogP contribution in [0, 0.1) is 6.92 Å². The van der Waals surface area contributed by atoms with Crippen LogP contribution in [0.25, 0.3) is 10.2 Å². The summed E-state index contributed by atoms with van der Waals surface area (Å²) in [6.45, 7) is 1.97. The molecule has 0 spiro atoms. The van der Waals surface area contributed by atoms with Gasteiger partial charge < -0.3 is 20.1 Å². The summed E-state index contributed by atoms with van der Waals surface area (Å²) < 4.78 is 1.81. The normalized spacial score (nSPS) is 22.2. The molecule has 2 aliphatic rings. The SMILES string of the molecule is Cc1cc(Nc2nc(NC3CC4CCCC(C3)N4C(=O)c3nccn3C)nc3sccc23)n[nH]1. The number of rotatable bonds is 5. The Bertz CT molecular complexity index is 1330. The van der Waals surface area contributed by atoms with E-state index in [1.54, 1.807) is 17.5 Å². The molecule has 0 radical (unpaired) electrons. The standard InChI is InChI=1S/C23H27N9OS/c1-13-10-18(30-29-13)26-19-17-6-9-34-21(17)28-23(27-19)25-14-11-15-4-3-5-16(12-14)32(15)22(33)20-24-7-8-31(20)2/h6-10,14-16H,3-5,11-12H2,1-2H3,(H3,25,26,27,28,29,30). The molecule has 6 rings (SSSR count). The number of anilines is 3. The van der Waals surface area contributed by atoms with Crippen molar-refractivity contribution in [3.8, 4) is 0 Å². The lowest BCUT2D eigenvalue weighted by molar-refractivity contribution is 0.0244. The highest BCUT2D eigenvalue weighted by Gasteiger charge is 2.42. The molecule has 34 heavy (non-hydrogen) atoms. The van der Waals surface area contributed by atoms with E-state index in [-0.39, 0.29) is 24.0 Å². The van der Waals surface area contributed by atoms with Crippen LogP contribution < -0.4 is 10.6 Å². The maximum Gasteiger partial charge on any atom is 0.290 e. The third-order valence-corrected chi connectivity index (χ3v) is 7.64. The lowest BCUT2D eigenvalue weighted by Gasteiger charge is -2.48. The molecule has 10 nitrogen and oxygen atoms in total. The second kappa shape index (κ2) is 8.39. The zero-order valence-corrected chi connectivity index (χ0v) is 20.0. The van der Waals surface area contributed by atoms with Gasteiger partial charge in [-0.3, -0.25) is 9.89 Å². The molecule has 2 atom stereocenters. The van der Waals surface area contributed by atoms with Crippen molar-refractivity contribution >= 4 is 45.0 Å². The number of hydrogen-bond acceptors (Lipinski definition) is 8. The molecule has 2 bridgehead atoms. The van der Waals surface area contributed by atoms with Crippen molar-refractivity contribution in [2.75, 3.05) is 10.6 Å². The summed E-state index contributed by atoms with van der Waals surface area (Å²) in [4.78, 5) is 30.2. The smallest absolute Gasteiger partial charge is 0.290 e. The first-order valence-electron chi connectivity index (χ1n) is 11.7. The van der Waals surface area contributed by atoms with Crippen LogP contribution in [0.5, 0.6) is 0 Å². The summed E-state index contributed by atoms with van der Waals surface area (Å²) >= 11 is 1.59. The van der Waals surface area contributed by atoms with Crippen LogP contribution in [0.2, 0.25) is 0 Å². The highest BCUT2D eigenvalue weighted by molar-refractivity contribution is 7.16. The second-order valence-corrected chi connectivity index (χ2v) is 10.1. The van der Waals surface area contributed by atoms with Gasteiger partial charge in [0.25, 0.3) is 5.91 Å². The number of thiophene rings is 1. The van der Waals surface area contributed by atoms with Crippen molar-refractivity contribution < 1.29 is 4.79 Å². The number of hydrogen-bond donors (Lipinski definition) is 3. The summed E-state index contributed by atoms with van der Waals surface area (Å²) in [5, 5.41) is 17.1. The molecule has 0 saturated carbocycles. The molecular formula is C23H27N9OS. The Kier molecular flexibility index (Phi) is 5.20. The summed E-state index contributed by atoms with van der Waals surface area (Å²) in [7, 11) is 1.87. The van der Waals surface area contributed by atoms with Crippen molar-refractivity contribution in [3.63, 3.8) is 0 Å². The van der Waals surface area contributed by atoms with Crippen LogP contribution in [-0.2, 0) is 7.05 Å².